The molecule has 5 nitrogen and oxygen atoms in total. The molecule has 3 rings (SSSR count). The van der Waals surface area contributed by atoms with Gasteiger partial charge in [-0.3, -0.25) is 4.99 Å². The van der Waals surface area contributed by atoms with Gasteiger partial charge in [0.1, 0.15) is 0 Å². The molecule has 0 amide bonds. The molecule has 0 unspecified atom stereocenters. The van der Waals surface area contributed by atoms with Gasteiger partial charge in [0.05, 0.1) is 6.61 Å². The lowest BCUT2D eigenvalue weighted by Crippen LogP contribution is -2.37. The van der Waals surface area contributed by atoms with Gasteiger partial charge in [-0.1, -0.05) is 30.3 Å². The Morgan fingerprint density at radius 3 is 2.77 bits per heavy atom. The maximum atomic E-state index is 5.74. The first-order valence-electron chi connectivity index (χ1n) is 9.39. The molecule has 0 saturated heterocycles. The summed E-state index contributed by atoms with van der Waals surface area (Å²) in [4.78, 5) is 8.57. The van der Waals surface area contributed by atoms with E-state index in [0.717, 1.165) is 43.4 Å². The van der Waals surface area contributed by atoms with Gasteiger partial charge in [0.25, 0.3) is 0 Å². The zero-order valence-electron chi connectivity index (χ0n) is 15.4. The molecule has 1 aromatic heterocycles. The number of pyridine rings is 1. The molecular formula is C21H28N4O. The summed E-state index contributed by atoms with van der Waals surface area (Å²) >= 11 is 0. The molecule has 0 atom stereocenters. The smallest absolute Gasteiger partial charge is 0.213 e. The number of guanidine groups is 1. The Balaban J connectivity index is 1.37. The Morgan fingerprint density at radius 1 is 1.15 bits per heavy atom. The van der Waals surface area contributed by atoms with Gasteiger partial charge in [0.2, 0.25) is 5.88 Å². The number of ether oxygens (including phenoxy) is 1. The van der Waals surface area contributed by atoms with Gasteiger partial charge in [-0.05, 0) is 48.8 Å². The summed E-state index contributed by atoms with van der Waals surface area (Å²) in [5, 5.41) is 6.71. The fourth-order valence-electron chi connectivity index (χ4n) is 2.68. The van der Waals surface area contributed by atoms with E-state index in [1.165, 1.54) is 18.4 Å². The van der Waals surface area contributed by atoms with E-state index in [2.05, 4.69) is 50.9 Å². The van der Waals surface area contributed by atoms with Crippen LogP contribution in [0.25, 0.3) is 0 Å². The minimum atomic E-state index is 0.695. The zero-order chi connectivity index (χ0) is 18.0. The maximum Gasteiger partial charge on any atom is 0.213 e. The van der Waals surface area contributed by atoms with Crippen molar-refractivity contribution in [3.8, 4) is 5.88 Å². The Labute approximate surface area is 155 Å². The first-order valence-corrected chi connectivity index (χ1v) is 9.39. The van der Waals surface area contributed by atoms with Crippen LogP contribution in [0.3, 0.4) is 0 Å². The average Bonchev–Trinajstić information content (AvgIpc) is 3.51. The van der Waals surface area contributed by atoms with Gasteiger partial charge in [0.15, 0.2) is 5.96 Å². The third kappa shape index (κ3) is 6.39. The number of nitrogens with zero attached hydrogens (tertiary/aromatic N) is 2. The predicted molar refractivity (Wildman–Crippen MR) is 105 cm³/mol. The van der Waals surface area contributed by atoms with Crippen molar-refractivity contribution in [2.75, 3.05) is 20.2 Å². The summed E-state index contributed by atoms with van der Waals surface area (Å²) in [5.41, 5.74) is 2.51. The largest absolute Gasteiger partial charge is 0.477 e. The summed E-state index contributed by atoms with van der Waals surface area (Å²) < 4.78 is 5.74. The van der Waals surface area contributed by atoms with E-state index in [0.29, 0.717) is 12.4 Å². The molecule has 2 aromatic rings. The van der Waals surface area contributed by atoms with Gasteiger partial charge < -0.3 is 15.4 Å². The second-order valence-electron chi connectivity index (χ2n) is 6.70. The fraction of sp³-hybridized carbons (Fsp3) is 0.429. The van der Waals surface area contributed by atoms with Gasteiger partial charge in [-0.2, -0.15) is 0 Å². The van der Waals surface area contributed by atoms with Crippen LogP contribution in [0.15, 0.2) is 53.7 Å². The normalized spacial score (nSPS) is 14.1. The number of aliphatic imine (C=N–C) groups is 1. The third-order valence-electron chi connectivity index (χ3n) is 4.42. The van der Waals surface area contributed by atoms with Crippen LogP contribution in [-0.4, -0.2) is 31.1 Å². The number of aromatic nitrogens is 1. The fourth-order valence-corrected chi connectivity index (χ4v) is 2.68. The lowest BCUT2D eigenvalue weighted by Gasteiger charge is -2.12. The molecule has 0 radical (unpaired) electrons. The summed E-state index contributed by atoms with van der Waals surface area (Å²) in [6, 6.07) is 14.5. The highest BCUT2D eigenvalue weighted by atomic mass is 16.5. The quantitative estimate of drug-likeness (QED) is 0.413. The SMILES string of the molecule is CN=C(NCCCc1ccccc1)NCc1ccnc(OCC2CC2)c1. The molecule has 1 aliphatic carbocycles. The lowest BCUT2D eigenvalue weighted by molar-refractivity contribution is 0.288. The van der Waals surface area contributed by atoms with Gasteiger partial charge in [-0.15, -0.1) is 0 Å². The van der Waals surface area contributed by atoms with Crippen LogP contribution >= 0.6 is 0 Å². The van der Waals surface area contributed by atoms with Crippen molar-refractivity contribution in [3.05, 3.63) is 59.8 Å². The van der Waals surface area contributed by atoms with Crippen molar-refractivity contribution in [3.63, 3.8) is 0 Å². The van der Waals surface area contributed by atoms with Gasteiger partial charge in [-0.25, -0.2) is 4.98 Å². The molecule has 1 fully saturated rings. The summed E-state index contributed by atoms with van der Waals surface area (Å²) in [5.74, 6) is 2.26. The van der Waals surface area contributed by atoms with E-state index in [1.54, 1.807) is 13.2 Å². The van der Waals surface area contributed by atoms with E-state index < -0.39 is 0 Å². The molecule has 0 bridgehead atoms. The molecule has 1 saturated carbocycles. The number of nitrogens with one attached hydrogen (secondary N) is 2. The second kappa shape index (κ2) is 9.80. The molecule has 5 heteroatoms. The Morgan fingerprint density at radius 2 is 2.00 bits per heavy atom. The van der Waals surface area contributed by atoms with E-state index in [4.69, 9.17) is 4.74 Å². The van der Waals surface area contributed by atoms with Crippen LogP contribution < -0.4 is 15.4 Å². The van der Waals surface area contributed by atoms with E-state index in [1.807, 2.05) is 12.1 Å². The molecule has 1 aromatic carbocycles. The van der Waals surface area contributed by atoms with Crippen molar-refractivity contribution in [2.45, 2.75) is 32.2 Å². The van der Waals surface area contributed by atoms with E-state index >= 15 is 0 Å². The number of hydrogen-bond donors (Lipinski definition) is 2. The minimum Gasteiger partial charge on any atom is -0.477 e. The molecule has 0 aliphatic heterocycles. The van der Waals surface area contributed by atoms with Crippen LogP contribution in [0.2, 0.25) is 0 Å². The monoisotopic (exact) mass is 352 g/mol. The van der Waals surface area contributed by atoms with Crippen LogP contribution in [-0.2, 0) is 13.0 Å². The van der Waals surface area contributed by atoms with Crippen LogP contribution in [0.5, 0.6) is 5.88 Å². The van der Waals surface area contributed by atoms with Crippen LogP contribution in [0, 0.1) is 5.92 Å². The van der Waals surface area contributed by atoms with Crippen molar-refractivity contribution in [1.82, 2.24) is 15.6 Å². The maximum absolute atomic E-state index is 5.74. The highest BCUT2D eigenvalue weighted by molar-refractivity contribution is 5.79. The van der Waals surface area contributed by atoms with Gasteiger partial charge >= 0.3 is 0 Å². The van der Waals surface area contributed by atoms with Crippen LogP contribution in [0.4, 0.5) is 0 Å². The number of hydrogen-bond acceptors (Lipinski definition) is 3. The first kappa shape index (κ1) is 18.2. The molecule has 26 heavy (non-hydrogen) atoms. The number of benzene rings is 1. The van der Waals surface area contributed by atoms with Crippen molar-refractivity contribution >= 4 is 5.96 Å². The molecule has 138 valence electrons. The van der Waals surface area contributed by atoms with E-state index in [-0.39, 0.29) is 0 Å². The first-order chi connectivity index (χ1) is 12.8. The number of aryl methyl sites for hydroxylation is 1. The van der Waals surface area contributed by atoms with E-state index in [9.17, 15) is 0 Å². The van der Waals surface area contributed by atoms with Crippen LogP contribution in [0.1, 0.15) is 30.4 Å². The second-order valence-corrected chi connectivity index (χ2v) is 6.70. The summed E-state index contributed by atoms with van der Waals surface area (Å²) in [6.07, 6.45) is 6.51. The number of rotatable bonds is 9. The van der Waals surface area contributed by atoms with Crippen molar-refractivity contribution in [2.24, 2.45) is 10.9 Å². The third-order valence-corrected chi connectivity index (χ3v) is 4.42. The predicted octanol–water partition coefficient (Wildman–Crippen LogP) is 3.17. The van der Waals surface area contributed by atoms with Crippen molar-refractivity contribution in [1.29, 1.82) is 0 Å². The lowest BCUT2D eigenvalue weighted by atomic mass is 10.1. The molecule has 0 spiro atoms. The Hall–Kier alpha value is -2.56. The molecule has 1 aliphatic rings. The van der Waals surface area contributed by atoms with Crippen molar-refractivity contribution < 1.29 is 4.74 Å². The van der Waals surface area contributed by atoms with Gasteiger partial charge in [0, 0.05) is 32.4 Å². The summed E-state index contributed by atoms with van der Waals surface area (Å²) in [6.45, 7) is 2.37. The standard InChI is InChI=1S/C21H28N4O/c1-22-21(24-12-5-8-17-6-3-2-4-7-17)25-15-19-11-13-23-20(14-19)26-16-18-9-10-18/h2-4,6-7,11,13-14,18H,5,8-10,12,15-16H2,1H3,(H2,22,24,25). The Kier molecular flexibility index (Phi) is 6.88. The minimum absolute atomic E-state index is 0.695. The molecular weight excluding hydrogens is 324 g/mol. The zero-order valence-corrected chi connectivity index (χ0v) is 15.4. The molecule has 2 N–H and O–H groups in total. The molecule has 1 heterocycles. The highest BCUT2D eigenvalue weighted by Gasteiger charge is 2.22. The average molecular weight is 352 g/mol. The highest BCUT2D eigenvalue weighted by Crippen LogP contribution is 2.29. The topological polar surface area (TPSA) is 58.5 Å². The summed E-state index contributed by atoms with van der Waals surface area (Å²) in [7, 11) is 1.79. The Bertz CT molecular complexity index is 698.